The maximum Gasteiger partial charge on any atom is 0.333 e. The summed E-state index contributed by atoms with van der Waals surface area (Å²) in [5.41, 5.74) is 0. The molecule has 0 unspecified atom stereocenters. The van der Waals surface area contributed by atoms with Crippen LogP contribution in [0.1, 0.15) is 12.3 Å². The number of hydrogen-bond donors (Lipinski definition) is 1. The van der Waals surface area contributed by atoms with E-state index in [4.69, 9.17) is 4.42 Å². The molecule has 2 aromatic heterocycles. The predicted octanol–water partition coefficient (Wildman–Crippen LogP) is 2.48. The highest BCUT2D eigenvalue weighted by molar-refractivity contribution is 5.32. The van der Waals surface area contributed by atoms with Crippen molar-refractivity contribution in [3.05, 3.63) is 36.4 Å². The van der Waals surface area contributed by atoms with Gasteiger partial charge in [0.25, 0.3) is 0 Å². The molecule has 2 heterocycles. The molecule has 1 N–H and O–H groups in total. The monoisotopic (exact) mass is 213 g/mol. The zero-order valence-corrected chi connectivity index (χ0v) is 7.73. The van der Waals surface area contributed by atoms with Crippen LogP contribution in [0, 0.1) is 0 Å². The number of rotatable bonds is 4. The standard InChI is InChI=1S/C9H9F2N3O/c10-9(11)14-4-3-8(13-14)12-6-7-2-1-5-15-7/h1-5,9H,6H2,(H,12,13). The van der Waals surface area contributed by atoms with Crippen molar-refractivity contribution in [3.8, 4) is 0 Å². The Morgan fingerprint density at radius 1 is 1.47 bits per heavy atom. The van der Waals surface area contributed by atoms with Gasteiger partial charge >= 0.3 is 6.55 Å². The van der Waals surface area contributed by atoms with Gasteiger partial charge in [-0.1, -0.05) is 0 Å². The van der Waals surface area contributed by atoms with E-state index in [2.05, 4.69) is 10.4 Å². The fourth-order valence-corrected chi connectivity index (χ4v) is 1.13. The quantitative estimate of drug-likeness (QED) is 0.848. The maximum absolute atomic E-state index is 12.1. The highest BCUT2D eigenvalue weighted by Gasteiger charge is 2.07. The van der Waals surface area contributed by atoms with Crippen LogP contribution in [-0.2, 0) is 6.54 Å². The van der Waals surface area contributed by atoms with Crippen molar-refractivity contribution in [1.29, 1.82) is 0 Å². The molecule has 0 aliphatic carbocycles. The lowest BCUT2D eigenvalue weighted by molar-refractivity contribution is 0.0569. The number of halogens is 2. The second-order valence-electron chi connectivity index (χ2n) is 2.89. The number of anilines is 1. The van der Waals surface area contributed by atoms with Crippen LogP contribution in [0.2, 0.25) is 0 Å². The molecule has 0 amide bonds. The van der Waals surface area contributed by atoms with Gasteiger partial charge in [-0.2, -0.15) is 13.9 Å². The van der Waals surface area contributed by atoms with Gasteiger partial charge in [0.2, 0.25) is 0 Å². The van der Waals surface area contributed by atoms with Gasteiger partial charge in [-0.25, -0.2) is 4.68 Å². The molecule has 2 aromatic rings. The molecular weight excluding hydrogens is 204 g/mol. The number of alkyl halides is 2. The van der Waals surface area contributed by atoms with E-state index in [0.717, 1.165) is 5.76 Å². The predicted molar refractivity (Wildman–Crippen MR) is 49.5 cm³/mol. The van der Waals surface area contributed by atoms with Gasteiger partial charge in [0.1, 0.15) is 11.6 Å². The zero-order valence-electron chi connectivity index (χ0n) is 7.73. The average molecular weight is 213 g/mol. The van der Waals surface area contributed by atoms with E-state index in [1.807, 2.05) is 0 Å². The molecule has 15 heavy (non-hydrogen) atoms. The largest absolute Gasteiger partial charge is 0.467 e. The first kappa shape index (κ1) is 9.70. The topological polar surface area (TPSA) is 43.0 Å². The third-order valence-electron chi connectivity index (χ3n) is 1.83. The minimum absolute atomic E-state index is 0.395. The molecule has 0 aromatic carbocycles. The molecule has 4 nitrogen and oxygen atoms in total. The van der Waals surface area contributed by atoms with Gasteiger partial charge in [0.05, 0.1) is 12.8 Å². The first-order valence-electron chi connectivity index (χ1n) is 4.35. The van der Waals surface area contributed by atoms with E-state index < -0.39 is 6.55 Å². The number of nitrogens with one attached hydrogen (secondary N) is 1. The highest BCUT2D eigenvalue weighted by Crippen LogP contribution is 2.12. The Hall–Kier alpha value is -1.85. The van der Waals surface area contributed by atoms with Crippen molar-refractivity contribution in [2.45, 2.75) is 13.1 Å². The molecule has 6 heteroatoms. The van der Waals surface area contributed by atoms with Crippen molar-refractivity contribution in [2.75, 3.05) is 5.32 Å². The van der Waals surface area contributed by atoms with Crippen molar-refractivity contribution in [3.63, 3.8) is 0 Å². The van der Waals surface area contributed by atoms with E-state index in [1.54, 1.807) is 18.4 Å². The van der Waals surface area contributed by atoms with Crippen LogP contribution in [-0.4, -0.2) is 9.78 Å². The second-order valence-corrected chi connectivity index (χ2v) is 2.89. The summed E-state index contributed by atoms with van der Waals surface area (Å²) in [5, 5.41) is 6.49. The Labute approximate surface area is 84.5 Å². The molecule has 0 atom stereocenters. The third kappa shape index (κ3) is 2.34. The summed E-state index contributed by atoms with van der Waals surface area (Å²) < 4.78 is 29.9. The summed E-state index contributed by atoms with van der Waals surface area (Å²) in [4.78, 5) is 0. The van der Waals surface area contributed by atoms with Crippen LogP contribution >= 0.6 is 0 Å². The fraction of sp³-hybridized carbons (Fsp3) is 0.222. The summed E-state index contributed by atoms with van der Waals surface area (Å²) >= 11 is 0. The van der Waals surface area contributed by atoms with Crippen LogP contribution in [0.5, 0.6) is 0 Å². The van der Waals surface area contributed by atoms with Crippen LogP contribution in [0.4, 0.5) is 14.6 Å². The maximum atomic E-state index is 12.1. The minimum atomic E-state index is -2.61. The Kier molecular flexibility index (Phi) is 2.66. The smallest absolute Gasteiger partial charge is 0.333 e. The minimum Gasteiger partial charge on any atom is -0.467 e. The fourth-order valence-electron chi connectivity index (χ4n) is 1.13. The van der Waals surface area contributed by atoms with Gasteiger partial charge in [-0.3, -0.25) is 0 Å². The number of nitrogens with zero attached hydrogens (tertiary/aromatic N) is 2. The van der Waals surface area contributed by atoms with Crippen molar-refractivity contribution >= 4 is 5.82 Å². The molecule has 0 spiro atoms. The molecule has 0 saturated heterocycles. The normalized spacial score (nSPS) is 10.9. The summed E-state index contributed by atoms with van der Waals surface area (Å²) in [5.74, 6) is 1.12. The lowest BCUT2D eigenvalue weighted by Gasteiger charge is -2.00. The Balaban J connectivity index is 1.94. The first-order valence-corrected chi connectivity index (χ1v) is 4.35. The Morgan fingerprint density at radius 3 is 2.93 bits per heavy atom. The molecule has 80 valence electrons. The molecule has 0 bridgehead atoms. The molecule has 0 fully saturated rings. The van der Waals surface area contributed by atoms with Gasteiger partial charge in [0.15, 0.2) is 0 Å². The van der Waals surface area contributed by atoms with Gasteiger partial charge < -0.3 is 9.73 Å². The zero-order chi connectivity index (χ0) is 10.7. The van der Waals surface area contributed by atoms with Crippen molar-refractivity contribution in [2.24, 2.45) is 0 Å². The summed E-state index contributed by atoms with van der Waals surface area (Å²) in [7, 11) is 0. The summed E-state index contributed by atoms with van der Waals surface area (Å²) in [6, 6.07) is 5.03. The van der Waals surface area contributed by atoms with Crippen LogP contribution in [0.15, 0.2) is 35.1 Å². The molecule has 0 aliphatic rings. The highest BCUT2D eigenvalue weighted by atomic mass is 19.3. The lowest BCUT2D eigenvalue weighted by atomic mass is 10.4. The summed E-state index contributed by atoms with van der Waals surface area (Å²) in [6.07, 6.45) is 2.77. The van der Waals surface area contributed by atoms with E-state index in [1.165, 1.54) is 12.3 Å². The van der Waals surface area contributed by atoms with Crippen LogP contribution in [0.3, 0.4) is 0 Å². The SMILES string of the molecule is FC(F)n1ccc(NCc2ccco2)n1. The molecule has 0 radical (unpaired) electrons. The van der Waals surface area contributed by atoms with E-state index in [9.17, 15) is 8.78 Å². The van der Waals surface area contributed by atoms with Crippen molar-refractivity contribution < 1.29 is 13.2 Å². The second kappa shape index (κ2) is 4.12. The van der Waals surface area contributed by atoms with E-state index in [0.29, 0.717) is 17.0 Å². The summed E-state index contributed by atoms with van der Waals surface area (Å²) in [6.45, 7) is -2.18. The Morgan fingerprint density at radius 2 is 2.33 bits per heavy atom. The van der Waals surface area contributed by atoms with Crippen LogP contribution in [0.25, 0.3) is 0 Å². The first-order chi connectivity index (χ1) is 7.25. The molecule has 2 rings (SSSR count). The lowest BCUT2D eigenvalue weighted by Crippen LogP contribution is -2.02. The Bertz CT molecular complexity index is 411. The van der Waals surface area contributed by atoms with Crippen molar-refractivity contribution in [1.82, 2.24) is 9.78 Å². The number of furan rings is 1. The average Bonchev–Trinajstić information content (AvgIpc) is 2.86. The molecule has 0 saturated carbocycles. The number of aromatic nitrogens is 2. The molecule has 0 aliphatic heterocycles. The molecular formula is C9H9F2N3O. The van der Waals surface area contributed by atoms with Crippen LogP contribution < -0.4 is 5.32 Å². The van der Waals surface area contributed by atoms with Gasteiger partial charge in [0, 0.05) is 12.3 Å². The van der Waals surface area contributed by atoms with E-state index in [-0.39, 0.29) is 0 Å². The van der Waals surface area contributed by atoms with E-state index >= 15 is 0 Å². The number of hydrogen-bond acceptors (Lipinski definition) is 3. The van der Waals surface area contributed by atoms with Gasteiger partial charge in [-0.15, -0.1) is 0 Å². The third-order valence-corrected chi connectivity index (χ3v) is 1.83. The van der Waals surface area contributed by atoms with Gasteiger partial charge in [-0.05, 0) is 12.1 Å².